The summed E-state index contributed by atoms with van der Waals surface area (Å²) in [6.07, 6.45) is 6.32. The van der Waals surface area contributed by atoms with Gasteiger partial charge in [-0.3, -0.25) is 9.79 Å². The second-order valence-electron chi connectivity index (χ2n) is 6.27. The van der Waals surface area contributed by atoms with Crippen molar-refractivity contribution < 1.29 is 4.79 Å². The summed E-state index contributed by atoms with van der Waals surface area (Å²) < 4.78 is 0. The van der Waals surface area contributed by atoms with Crippen molar-refractivity contribution in [2.24, 2.45) is 10.9 Å². The normalized spacial score (nSPS) is 26.5. The summed E-state index contributed by atoms with van der Waals surface area (Å²) >= 11 is 0. The molecule has 1 saturated heterocycles. The maximum absolute atomic E-state index is 11.9. The molecule has 0 aromatic heterocycles. The molecule has 1 aliphatic carbocycles. The Balaban J connectivity index is 1.69. The molecule has 120 valence electrons. The lowest BCUT2D eigenvalue weighted by molar-refractivity contribution is -0.130. The van der Waals surface area contributed by atoms with Crippen LogP contribution in [0.5, 0.6) is 0 Å². The van der Waals surface area contributed by atoms with Crippen LogP contribution in [0.25, 0.3) is 0 Å². The van der Waals surface area contributed by atoms with Crippen molar-refractivity contribution in [2.45, 2.75) is 58.4 Å². The van der Waals surface area contributed by atoms with E-state index in [1.165, 1.54) is 12.8 Å². The van der Waals surface area contributed by atoms with Gasteiger partial charge in [0.15, 0.2) is 5.96 Å². The fourth-order valence-corrected chi connectivity index (χ4v) is 2.75. The van der Waals surface area contributed by atoms with Crippen molar-refractivity contribution in [1.29, 1.82) is 0 Å². The van der Waals surface area contributed by atoms with E-state index in [-0.39, 0.29) is 0 Å². The van der Waals surface area contributed by atoms with Gasteiger partial charge in [0, 0.05) is 38.6 Å². The van der Waals surface area contributed by atoms with Crippen molar-refractivity contribution in [3.63, 3.8) is 0 Å². The quantitative estimate of drug-likeness (QED) is 0.446. The summed E-state index contributed by atoms with van der Waals surface area (Å²) in [5, 5.41) is 6.75. The third kappa shape index (κ3) is 5.56. The first-order valence-electron chi connectivity index (χ1n) is 8.53. The number of carbonyl (C=O) groups is 1. The van der Waals surface area contributed by atoms with Crippen molar-refractivity contribution in [3.05, 3.63) is 0 Å². The van der Waals surface area contributed by atoms with Gasteiger partial charge in [0.25, 0.3) is 0 Å². The molecular formula is C16H30N4O. The molecule has 1 saturated carbocycles. The highest BCUT2D eigenvalue weighted by Gasteiger charge is 2.33. The summed E-state index contributed by atoms with van der Waals surface area (Å²) in [7, 11) is 0. The summed E-state index contributed by atoms with van der Waals surface area (Å²) in [4.78, 5) is 18.5. The molecule has 2 aliphatic rings. The Morgan fingerprint density at radius 2 is 2.19 bits per heavy atom. The fraction of sp³-hybridized carbons (Fsp3) is 0.875. The molecule has 0 aromatic carbocycles. The van der Waals surface area contributed by atoms with Crippen LogP contribution >= 0.6 is 0 Å². The predicted octanol–water partition coefficient (Wildman–Crippen LogP) is 1.74. The number of hydrogen-bond acceptors (Lipinski definition) is 2. The topological polar surface area (TPSA) is 56.7 Å². The highest BCUT2D eigenvalue weighted by Crippen LogP contribution is 2.28. The Bertz CT molecular complexity index is 369. The Kier molecular flexibility index (Phi) is 6.33. The highest BCUT2D eigenvalue weighted by atomic mass is 16.2. The molecule has 5 nitrogen and oxygen atoms in total. The van der Waals surface area contributed by atoms with E-state index in [1.807, 2.05) is 4.90 Å². The molecular weight excluding hydrogens is 264 g/mol. The molecule has 1 heterocycles. The maximum Gasteiger partial charge on any atom is 0.222 e. The Hall–Kier alpha value is -1.26. The summed E-state index contributed by atoms with van der Waals surface area (Å²) in [6, 6.07) is 0.593. The fourth-order valence-electron chi connectivity index (χ4n) is 2.75. The number of guanidine groups is 1. The second-order valence-corrected chi connectivity index (χ2v) is 6.27. The van der Waals surface area contributed by atoms with Gasteiger partial charge >= 0.3 is 0 Å². The number of nitrogens with zero attached hydrogens (tertiary/aromatic N) is 2. The molecule has 2 unspecified atom stereocenters. The van der Waals surface area contributed by atoms with Crippen LogP contribution in [0, 0.1) is 5.92 Å². The number of nitrogens with one attached hydrogen (secondary N) is 2. The first-order chi connectivity index (χ1) is 10.2. The SMILES string of the molecule is CCNC(=NCCCN1CCCCCC1=O)NC1CC1C. The summed E-state index contributed by atoms with van der Waals surface area (Å²) in [6.45, 7) is 7.79. The zero-order valence-corrected chi connectivity index (χ0v) is 13.5. The van der Waals surface area contributed by atoms with E-state index < -0.39 is 0 Å². The van der Waals surface area contributed by atoms with Gasteiger partial charge in [0.1, 0.15) is 0 Å². The molecule has 2 fully saturated rings. The Labute approximate surface area is 128 Å². The van der Waals surface area contributed by atoms with Crippen LogP contribution in [0.4, 0.5) is 0 Å². The molecule has 0 spiro atoms. The van der Waals surface area contributed by atoms with Gasteiger partial charge in [0.05, 0.1) is 0 Å². The minimum atomic E-state index is 0.327. The first-order valence-corrected chi connectivity index (χ1v) is 8.53. The van der Waals surface area contributed by atoms with E-state index in [2.05, 4.69) is 29.5 Å². The minimum Gasteiger partial charge on any atom is -0.357 e. The van der Waals surface area contributed by atoms with Crippen LogP contribution in [0.2, 0.25) is 0 Å². The number of rotatable bonds is 6. The van der Waals surface area contributed by atoms with Crippen molar-refractivity contribution in [2.75, 3.05) is 26.2 Å². The van der Waals surface area contributed by atoms with Crippen LogP contribution in [0.15, 0.2) is 4.99 Å². The molecule has 0 radical (unpaired) electrons. The number of amides is 1. The van der Waals surface area contributed by atoms with E-state index in [0.717, 1.165) is 63.7 Å². The van der Waals surface area contributed by atoms with Gasteiger partial charge in [-0.2, -0.15) is 0 Å². The van der Waals surface area contributed by atoms with E-state index >= 15 is 0 Å². The highest BCUT2D eigenvalue weighted by molar-refractivity contribution is 5.80. The standard InChI is InChI=1S/C16H30N4O/c1-3-17-16(19-14-12-13(14)2)18-9-7-11-20-10-6-4-5-8-15(20)21/h13-14H,3-12H2,1-2H3,(H2,17,18,19). The maximum atomic E-state index is 11.9. The zero-order valence-electron chi connectivity index (χ0n) is 13.5. The molecule has 2 atom stereocenters. The van der Waals surface area contributed by atoms with E-state index in [1.54, 1.807) is 0 Å². The van der Waals surface area contributed by atoms with E-state index in [9.17, 15) is 4.79 Å². The molecule has 1 amide bonds. The molecule has 0 aromatic rings. The van der Waals surface area contributed by atoms with Gasteiger partial charge in [0.2, 0.25) is 5.91 Å². The molecule has 0 bridgehead atoms. The molecule has 2 N–H and O–H groups in total. The Morgan fingerprint density at radius 1 is 1.38 bits per heavy atom. The minimum absolute atomic E-state index is 0.327. The molecule has 1 aliphatic heterocycles. The van der Waals surface area contributed by atoms with E-state index in [0.29, 0.717) is 11.9 Å². The number of hydrogen-bond donors (Lipinski definition) is 2. The van der Waals surface area contributed by atoms with Crippen LogP contribution in [0.1, 0.15) is 52.4 Å². The van der Waals surface area contributed by atoms with Gasteiger partial charge in [-0.1, -0.05) is 13.3 Å². The number of carbonyl (C=O) groups excluding carboxylic acids is 1. The zero-order chi connectivity index (χ0) is 15.1. The van der Waals surface area contributed by atoms with Crippen LogP contribution in [0.3, 0.4) is 0 Å². The van der Waals surface area contributed by atoms with Crippen molar-refractivity contribution in [3.8, 4) is 0 Å². The molecule has 5 heteroatoms. The third-order valence-electron chi connectivity index (χ3n) is 4.30. The molecule has 21 heavy (non-hydrogen) atoms. The predicted molar refractivity (Wildman–Crippen MR) is 86.3 cm³/mol. The second kappa shape index (κ2) is 8.25. The van der Waals surface area contributed by atoms with Crippen LogP contribution in [-0.4, -0.2) is 49.0 Å². The lowest BCUT2D eigenvalue weighted by Gasteiger charge is -2.20. The van der Waals surface area contributed by atoms with Gasteiger partial charge in [-0.05, 0) is 38.5 Å². The number of likely N-dealkylation sites (tertiary alicyclic amines) is 1. The monoisotopic (exact) mass is 294 g/mol. The number of aliphatic imine (C=N–C) groups is 1. The van der Waals surface area contributed by atoms with Gasteiger partial charge in [-0.25, -0.2) is 0 Å². The average Bonchev–Trinajstić information content (AvgIpc) is 3.19. The van der Waals surface area contributed by atoms with Crippen molar-refractivity contribution >= 4 is 11.9 Å². The van der Waals surface area contributed by atoms with Crippen LogP contribution < -0.4 is 10.6 Å². The van der Waals surface area contributed by atoms with Crippen molar-refractivity contribution in [1.82, 2.24) is 15.5 Å². The summed E-state index contributed by atoms with van der Waals surface area (Å²) in [5.74, 6) is 2.02. The first kappa shape index (κ1) is 16.1. The third-order valence-corrected chi connectivity index (χ3v) is 4.30. The van der Waals surface area contributed by atoms with E-state index in [4.69, 9.17) is 0 Å². The lowest BCUT2D eigenvalue weighted by atomic mass is 10.2. The van der Waals surface area contributed by atoms with Crippen LogP contribution in [-0.2, 0) is 4.79 Å². The largest absolute Gasteiger partial charge is 0.357 e. The average molecular weight is 294 g/mol. The summed E-state index contributed by atoms with van der Waals surface area (Å²) in [5.41, 5.74) is 0. The lowest BCUT2D eigenvalue weighted by Crippen LogP contribution is -2.39. The van der Waals surface area contributed by atoms with Gasteiger partial charge < -0.3 is 15.5 Å². The van der Waals surface area contributed by atoms with Gasteiger partial charge in [-0.15, -0.1) is 0 Å². The molecule has 2 rings (SSSR count). The smallest absolute Gasteiger partial charge is 0.222 e. The Morgan fingerprint density at radius 3 is 2.90 bits per heavy atom.